The molecule has 0 spiro atoms. The zero-order chi connectivity index (χ0) is 12.1. The molecule has 1 aromatic carbocycles. The fraction of sp³-hybridized carbons (Fsp3) is 0.364. The first-order chi connectivity index (χ1) is 7.67. The number of nitrogens with one attached hydrogen (secondary N) is 1. The standard InChI is InChI=1S/C11H15NO3S/c1-12-11(13)7-5-9(15-3)10(16-4)6-8(7)14-2/h5-6H,1-4H3,(H,12,13). The molecule has 1 amide bonds. The maximum Gasteiger partial charge on any atom is 0.254 e. The van der Waals surface area contributed by atoms with Crippen LogP contribution >= 0.6 is 11.8 Å². The van der Waals surface area contributed by atoms with E-state index in [4.69, 9.17) is 9.47 Å². The molecule has 1 aromatic rings. The van der Waals surface area contributed by atoms with Crippen LogP contribution in [0.25, 0.3) is 0 Å². The molecule has 1 N–H and O–H groups in total. The summed E-state index contributed by atoms with van der Waals surface area (Å²) in [6.07, 6.45) is 1.94. The van der Waals surface area contributed by atoms with E-state index in [0.717, 1.165) is 4.90 Å². The van der Waals surface area contributed by atoms with E-state index < -0.39 is 0 Å². The van der Waals surface area contributed by atoms with Crippen molar-refractivity contribution in [3.63, 3.8) is 0 Å². The molecular formula is C11H15NO3S. The lowest BCUT2D eigenvalue weighted by Gasteiger charge is -2.12. The lowest BCUT2D eigenvalue weighted by Crippen LogP contribution is -2.18. The zero-order valence-electron chi connectivity index (χ0n) is 9.79. The van der Waals surface area contributed by atoms with Crippen LogP contribution in [0.15, 0.2) is 17.0 Å². The summed E-state index contributed by atoms with van der Waals surface area (Å²) in [5.41, 5.74) is 0.472. The van der Waals surface area contributed by atoms with Crippen LogP contribution in [0.4, 0.5) is 0 Å². The fourth-order valence-corrected chi connectivity index (χ4v) is 1.91. The van der Waals surface area contributed by atoms with Crippen LogP contribution < -0.4 is 14.8 Å². The van der Waals surface area contributed by atoms with Gasteiger partial charge in [0, 0.05) is 7.05 Å². The molecule has 0 radical (unpaired) electrons. The van der Waals surface area contributed by atoms with E-state index in [0.29, 0.717) is 17.1 Å². The maximum atomic E-state index is 11.6. The quantitative estimate of drug-likeness (QED) is 0.816. The molecule has 88 valence electrons. The Hall–Kier alpha value is -1.36. The predicted octanol–water partition coefficient (Wildman–Crippen LogP) is 1.79. The average Bonchev–Trinajstić information content (AvgIpc) is 2.35. The molecule has 0 aliphatic rings. The van der Waals surface area contributed by atoms with E-state index in [2.05, 4.69) is 5.32 Å². The average molecular weight is 241 g/mol. The van der Waals surface area contributed by atoms with Gasteiger partial charge in [-0.05, 0) is 18.4 Å². The summed E-state index contributed by atoms with van der Waals surface area (Å²) in [4.78, 5) is 12.5. The van der Waals surface area contributed by atoms with Gasteiger partial charge in [-0.15, -0.1) is 11.8 Å². The minimum absolute atomic E-state index is 0.192. The van der Waals surface area contributed by atoms with Gasteiger partial charge in [0.1, 0.15) is 11.5 Å². The Bertz CT molecular complexity index is 393. The van der Waals surface area contributed by atoms with Gasteiger partial charge in [-0.2, -0.15) is 0 Å². The molecule has 5 heteroatoms. The van der Waals surface area contributed by atoms with Gasteiger partial charge in [0.2, 0.25) is 0 Å². The van der Waals surface area contributed by atoms with Crippen molar-refractivity contribution in [1.82, 2.24) is 5.32 Å². The summed E-state index contributed by atoms with van der Waals surface area (Å²) in [5, 5.41) is 2.56. The van der Waals surface area contributed by atoms with Crippen LogP contribution in [0.1, 0.15) is 10.4 Å². The molecule has 4 nitrogen and oxygen atoms in total. The second-order valence-electron chi connectivity index (χ2n) is 2.99. The number of benzene rings is 1. The smallest absolute Gasteiger partial charge is 0.254 e. The number of hydrogen-bond donors (Lipinski definition) is 1. The normalized spacial score (nSPS) is 9.75. The Morgan fingerprint density at radius 3 is 2.31 bits per heavy atom. The molecular weight excluding hydrogens is 226 g/mol. The summed E-state index contributed by atoms with van der Waals surface area (Å²) >= 11 is 1.54. The van der Waals surface area contributed by atoms with E-state index in [9.17, 15) is 4.79 Å². The summed E-state index contributed by atoms with van der Waals surface area (Å²) in [6.45, 7) is 0. The topological polar surface area (TPSA) is 47.6 Å². The van der Waals surface area contributed by atoms with Gasteiger partial charge >= 0.3 is 0 Å². The van der Waals surface area contributed by atoms with Crippen LogP contribution in [-0.4, -0.2) is 33.4 Å². The van der Waals surface area contributed by atoms with Gasteiger partial charge in [0.25, 0.3) is 5.91 Å². The molecule has 0 bridgehead atoms. The molecule has 0 unspecified atom stereocenters. The number of ether oxygens (including phenoxy) is 2. The van der Waals surface area contributed by atoms with E-state index in [1.54, 1.807) is 45.2 Å². The Kier molecular flexibility index (Phi) is 4.49. The molecule has 0 heterocycles. The third-order valence-electron chi connectivity index (χ3n) is 2.18. The summed E-state index contributed by atoms with van der Waals surface area (Å²) in [5.74, 6) is 1.03. The number of methoxy groups -OCH3 is 2. The molecule has 0 aromatic heterocycles. The largest absolute Gasteiger partial charge is 0.496 e. The number of rotatable bonds is 4. The number of amides is 1. The van der Waals surface area contributed by atoms with E-state index in [-0.39, 0.29) is 5.91 Å². The Morgan fingerprint density at radius 1 is 1.25 bits per heavy atom. The zero-order valence-corrected chi connectivity index (χ0v) is 10.6. The van der Waals surface area contributed by atoms with Gasteiger partial charge in [-0.1, -0.05) is 0 Å². The van der Waals surface area contributed by atoms with Crippen LogP contribution in [0.2, 0.25) is 0 Å². The highest BCUT2D eigenvalue weighted by molar-refractivity contribution is 7.98. The lowest BCUT2D eigenvalue weighted by molar-refractivity contribution is 0.0959. The lowest BCUT2D eigenvalue weighted by atomic mass is 10.1. The number of hydrogen-bond acceptors (Lipinski definition) is 4. The second-order valence-corrected chi connectivity index (χ2v) is 3.83. The second kappa shape index (κ2) is 5.65. The molecule has 0 saturated carbocycles. The van der Waals surface area contributed by atoms with Gasteiger partial charge in [-0.25, -0.2) is 0 Å². The highest BCUT2D eigenvalue weighted by Crippen LogP contribution is 2.34. The van der Waals surface area contributed by atoms with Crippen LogP contribution in [0, 0.1) is 0 Å². The number of carbonyl (C=O) groups is 1. The first kappa shape index (κ1) is 12.7. The Labute approximate surface area is 99.3 Å². The van der Waals surface area contributed by atoms with Crippen molar-refractivity contribution in [3.05, 3.63) is 17.7 Å². The third-order valence-corrected chi connectivity index (χ3v) is 2.94. The highest BCUT2D eigenvalue weighted by Gasteiger charge is 2.15. The van der Waals surface area contributed by atoms with Crippen LogP contribution in [0.3, 0.4) is 0 Å². The molecule has 1 rings (SSSR count). The number of carbonyl (C=O) groups excluding carboxylic acids is 1. The van der Waals surface area contributed by atoms with Crippen molar-refractivity contribution in [2.24, 2.45) is 0 Å². The van der Waals surface area contributed by atoms with Crippen molar-refractivity contribution in [2.75, 3.05) is 27.5 Å². The van der Waals surface area contributed by atoms with Crippen molar-refractivity contribution in [3.8, 4) is 11.5 Å². The fourth-order valence-electron chi connectivity index (χ4n) is 1.34. The molecule has 0 aliphatic carbocycles. The molecule has 0 saturated heterocycles. The summed E-state index contributed by atoms with van der Waals surface area (Å²) in [7, 11) is 4.70. The SMILES string of the molecule is CNC(=O)c1cc(OC)c(SC)cc1OC. The van der Waals surface area contributed by atoms with E-state index >= 15 is 0 Å². The maximum absolute atomic E-state index is 11.6. The van der Waals surface area contributed by atoms with Crippen LogP contribution in [0.5, 0.6) is 11.5 Å². The van der Waals surface area contributed by atoms with Crippen molar-refractivity contribution in [1.29, 1.82) is 0 Å². The summed E-state index contributed by atoms with van der Waals surface area (Å²) < 4.78 is 10.4. The molecule has 0 aliphatic heterocycles. The minimum Gasteiger partial charge on any atom is -0.496 e. The first-order valence-corrected chi connectivity index (χ1v) is 5.92. The van der Waals surface area contributed by atoms with E-state index in [1.807, 2.05) is 6.26 Å². The third kappa shape index (κ3) is 2.41. The monoisotopic (exact) mass is 241 g/mol. The van der Waals surface area contributed by atoms with Crippen molar-refractivity contribution < 1.29 is 14.3 Å². The van der Waals surface area contributed by atoms with Gasteiger partial charge < -0.3 is 14.8 Å². The van der Waals surface area contributed by atoms with Gasteiger partial charge in [0.15, 0.2) is 0 Å². The Balaban J connectivity index is 3.31. The number of thioether (sulfide) groups is 1. The van der Waals surface area contributed by atoms with Crippen molar-refractivity contribution >= 4 is 17.7 Å². The minimum atomic E-state index is -0.192. The highest BCUT2D eigenvalue weighted by atomic mass is 32.2. The Morgan fingerprint density at radius 2 is 1.88 bits per heavy atom. The van der Waals surface area contributed by atoms with E-state index in [1.165, 1.54) is 0 Å². The van der Waals surface area contributed by atoms with Crippen molar-refractivity contribution in [2.45, 2.75) is 4.90 Å². The first-order valence-electron chi connectivity index (χ1n) is 4.70. The molecule has 0 atom stereocenters. The van der Waals surface area contributed by atoms with Gasteiger partial charge in [-0.3, -0.25) is 4.79 Å². The summed E-state index contributed by atoms with van der Waals surface area (Å²) in [6, 6.07) is 3.48. The predicted molar refractivity (Wildman–Crippen MR) is 64.7 cm³/mol. The molecule has 16 heavy (non-hydrogen) atoms. The van der Waals surface area contributed by atoms with Gasteiger partial charge in [0.05, 0.1) is 24.7 Å². The van der Waals surface area contributed by atoms with Crippen LogP contribution in [-0.2, 0) is 0 Å². The molecule has 0 fully saturated rings.